The van der Waals surface area contributed by atoms with Crippen LogP contribution in [-0.4, -0.2) is 47.4 Å². The number of anilines is 1. The van der Waals surface area contributed by atoms with E-state index in [1.54, 1.807) is 31.4 Å². The van der Waals surface area contributed by atoms with Gasteiger partial charge in [-0.3, -0.25) is 9.10 Å². The van der Waals surface area contributed by atoms with Crippen molar-refractivity contribution in [1.29, 1.82) is 0 Å². The van der Waals surface area contributed by atoms with Crippen LogP contribution in [0.2, 0.25) is 0 Å². The zero-order chi connectivity index (χ0) is 22.1. The number of methoxy groups -OCH3 is 1. The van der Waals surface area contributed by atoms with Gasteiger partial charge in [0, 0.05) is 13.0 Å². The zero-order valence-electron chi connectivity index (χ0n) is 18.0. The molecule has 8 heteroatoms. The van der Waals surface area contributed by atoms with Crippen molar-refractivity contribution in [2.45, 2.75) is 26.7 Å². The van der Waals surface area contributed by atoms with Crippen molar-refractivity contribution in [2.24, 2.45) is 0 Å². The third-order valence-electron chi connectivity index (χ3n) is 4.54. The Bertz CT molecular complexity index is 943. The number of nitrogens with zero attached hydrogens (tertiary/aromatic N) is 1. The second-order valence-corrected chi connectivity index (χ2v) is 9.01. The van der Waals surface area contributed by atoms with Crippen LogP contribution < -0.4 is 19.1 Å². The quantitative estimate of drug-likeness (QED) is 0.550. The van der Waals surface area contributed by atoms with Crippen molar-refractivity contribution in [3.8, 4) is 11.5 Å². The minimum absolute atomic E-state index is 0.137. The van der Waals surface area contributed by atoms with Gasteiger partial charge in [0.05, 0.1) is 25.6 Å². The lowest BCUT2D eigenvalue weighted by molar-refractivity contribution is -0.121. The van der Waals surface area contributed by atoms with Crippen LogP contribution in [0.3, 0.4) is 0 Å². The van der Waals surface area contributed by atoms with Crippen molar-refractivity contribution >= 4 is 21.6 Å². The average molecular weight is 435 g/mol. The first-order chi connectivity index (χ1) is 14.2. The monoisotopic (exact) mass is 434 g/mol. The van der Waals surface area contributed by atoms with Crippen LogP contribution in [0.25, 0.3) is 0 Å². The summed E-state index contributed by atoms with van der Waals surface area (Å²) in [4.78, 5) is 12.1. The number of rotatable bonds is 11. The van der Waals surface area contributed by atoms with E-state index in [0.29, 0.717) is 31.0 Å². The molecule has 0 heterocycles. The molecule has 7 nitrogen and oxygen atoms in total. The van der Waals surface area contributed by atoms with E-state index < -0.39 is 10.0 Å². The third kappa shape index (κ3) is 7.26. The molecule has 0 aliphatic rings. The lowest BCUT2D eigenvalue weighted by Crippen LogP contribution is -2.32. The number of nitrogens with one attached hydrogen (secondary N) is 1. The predicted molar refractivity (Wildman–Crippen MR) is 119 cm³/mol. The number of hydrogen-bond acceptors (Lipinski definition) is 5. The van der Waals surface area contributed by atoms with E-state index in [2.05, 4.69) is 5.32 Å². The highest BCUT2D eigenvalue weighted by molar-refractivity contribution is 7.92. The number of amides is 1. The topological polar surface area (TPSA) is 84.9 Å². The number of hydrogen-bond donors (Lipinski definition) is 1. The molecule has 2 aromatic carbocycles. The van der Waals surface area contributed by atoms with E-state index in [9.17, 15) is 13.2 Å². The first-order valence-electron chi connectivity index (χ1n) is 9.79. The molecule has 2 aromatic rings. The minimum atomic E-state index is -3.45. The molecule has 0 aromatic heterocycles. The van der Waals surface area contributed by atoms with E-state index in [4.69, 9.17) is 9.47 Å². The number of carbonyl (C=O) groups excluding carboxylic acids is 1. The maximum absolute atomic E-state index is 12.1. The normalized spacial score (nSPS) is 11.1. The largest absolute Gasteiger partial charge is 0.497 e. The highest BCUT2D eigenvalue weighted by atomic mass is 32.2. The van der Waals surface area contributed by atoms with Crippen LogP contribution in [0.4, 0.5) is 5.69 Å². The van der Waals surface area contributed by atoms with Gasteiger partial charge in [0.25, 0.3) is 0 Å². The Balaban J connectivity index is 1.77. The van der Waals surface area contributed by atoms with Gasteiger partial charge in [-0.2, -0.15) is 0 Å². The van der Waals surface area contributed by atoms with Gasteiger partial charge in [-0.25, -0.2) is 8.42 Å². The van der Waals surface area contributed by atoms with E-state index in [-0.39, 0.29) is 18.9 Å². The second-order valence-electron chi connectivity index (χ2n) is 7.10. The van der Waals surface area contributed by atoms with Crippen LogP contribution in [0.5, 0.6) is 11.5 Å². The van der Waals surface area contributed by atoms with E-state index in [1.165, 1.54) is 9.87 Å². The zero-order valence-corrected chi connectivity index (χ0v) is 18.8. The lowest BCUT2D eigenvalue weighted by atomic mass is 10.1. The summed E-state index contributed by atoms with van der Waals surface area (Å²) in [6.45, 7) is 4.99. The summed E-state index contributed by atoms with van der Waals surface area (Å²) in [5.41, 5.74) is 2.77. The number of sulfonamides is 1. The van der Waals surface area contributed by atoms with Gasteiger partial charge < -0.3 is 14.8 Å². The molecule has 2 rings (SSSR count). The first-order valence-corrected chi connectivity index (χ1v) is 11.6. The van der Waals surface area contributed by atoms with Crippen molar-refractivity contribution in [1.82, 2.24) is 5.32 Å². The Kier molecular flexibility index (Phi) is 8.53. The molecule has 0 unspecified atom stereocenters. The molecule has 1 amide bonds. The maximum Gasteiger partial charge on any atom is 0.232 e. The molecule has 30 heavy (non-hydrogen) atoms. The number of ether oxygens (including phenoxy) is 2. The van der Waals surface area contributed by atoms with Crippen LogP contribution >= 0.6 is 0 Å². The summed E-state index contributed by atoms with van der Waals surface area (Å²) in [7, 11) is -1.90. The van der Waals surface area contributed by atoms with Gasteiger partial charge in [0.1, 0.15) is 18.1 Å². The molecule has 0 atom stereocenters. The van der Waals surface area contributed by atoms with Gasteiger partial charge >= 0.3 is 0 Å². The number of aryl methyl sites for hydroxylation is 2. The second kappa shape index (κ2) is 10.9. The van der Waals surface area contributed by atoms with Gasteiger partial charge in [-0.15, -0.1) is 0 Å². The van der Waals surface area contributed by atoms with E-state index in [1.807, 2.05) is 32.0 Å². The average Bonchev–Trinajstić information content (AvgIpc) is 2.69. The van der Waals surface area contributed by atoms with Crippen molar-refractivity contribution in [2.75, 3.05) is 37.4 Å². The molecule has 0 aliphatic heterocycles. The van der Waals surface area contributed by atoms with Gasteiger partial charge in [-0.05, 0) is 56.2 Å². The molecule has 1 N–H and O–H groups in total. The molecule has 0 bridgehead atoms. The Labute approximate surface area is 179 Å². The summed E-state index contributed by atoms with van der Waals surface area (Å²) in [5.74, 6) is 1.31. The fourth-order valence-electron chi connectivity index (χ4n) is 3.02. The summed E-state index contributed by atoms with van der Waals surface area (Å²) in [5, 5.41) is 2.80. The summed E-state index contributed by atoms with van der Waals surface area (Å²) in [6.07, 6.45) is 1.79. The van der Waals surface area contributed by atoms with Crippen molar-refractivity contribution in [3.63, 3.8) is 0 Å². The fraction of sp³-hybridized carbons (Fsp3) is 0.409. The van der Waals surface area contributed by atoms with Gasteiger partial charge in [-0.1, -0.05) is 17.7 Å². The minimum Gasteiger partial charge on any atom is -0.497 e. The summed E-state index contributed by atoms with van der Waals surface area (Å²) >= 11 is 0. The maximum atomic E-state index is 12.1. The number of benzene rings is 2. The van der Waals surface area contributed by atoms with E-state index in [0.717, 1.165) is 17.6 Å². The van der Waals surface area contributed by atoms with Gasteiger partial charge in [0.15, 0.2) is 0 Å². The van der Waals surface area contributed by atoms with Crippen LogP contribution in [0, 0.1) is 13.8 Å². The van der Waals surface area contributed by atoms with Crippen LogP contribution in [-0.2, 0) is 14.8 Å². The molecular weight excluding hydrogens is 404 g/mol. The fourth-order valence-corrected chi connectivity index (χ4v) is 3.98. The van der Waals surface area contributed by atoms with Crippen molar-refractivity contribution in [3.05, 3.63) is 53.6 Å². The van der Waals surface area contributed by atoms with Crippen LogP contribution in [0.1, 0.15) is 24.0 Å². The van der Waals surface area contributed by atoms with Gasteiger partial charge in [0.2, 0.25) is 15.9 Å². The molecule has 0 spiro atoms. The van der Waals surface area contributed by atoms with Crippen LogP contribution in [0.15, 0.2) is 42.5 Å². The van der Waals surface area contributed by atoms with E-state index >= 15 is 0 Å². The molecular formula is C22H30N2O5S. The standard InChI is InChI=1S/C22H30N2O5S/c1-17-7-12-21(18(2)16-17)29-15-13-23-22(25)6-5-14-24(30(4,26)27)19-8-10-20(28-3)11-9-19/h7-12,16H,5-6,13-15H2,1-4H3,(H,23,25). The number of carbonyl (C=O) groups is 1. The highest BCUT2D eigenvalue weighted by Gasteiger charge is 2.17. The molecule has 0 saturated carbocycles. The van der Waals surface area contributed by atoms with Crippen molar-refractivity contribution < 1.29 is 22.7 Å². The Morgan fingerprint density at radius 1 is 1.10 bits per heavy atom. The lowest BCUT2D eigenvalue weighted by Gasteiger charge is -2.22. The first kappa shape index (κ1) is 23.5. The SMILES string of the molecule is COc1ccc(N(CCCC(=O)NCCOc2ccc(C)cc2C)S(C)(=O)=O)cc1. The third-order valence-corrected chi connectivity index (χ3v) is 5.73. The molecule has 0 radical (unpaired) electrons. The molecule has 0 fully saturated rings. The molecule has 164 valence electrons. The summed E-state index contributed by atoms with van der Waals surface area (Å²) < 4.78 is 36.4. The highest BCUT2D eigenvalue weighted by Crippen LogP contribution is 2.22. The Morgan fingerprint density at radius 2 is 1.80 bits per heavy atom. The smallest absolute Gasteiger partial charge is 0.232 e. The molecule has 0 aliphatic carbocycles. The Morgan fingerprint density at radius 3 is 2.40 bits per heavy atom. The molecule has 0 saturated heterocycles. The predicted octanol–water partition coefficient (Wildman–Crippen LogP) is 3.05. The Hall–Kier alpha value is -2.74. The summed E-state index contributed by atoms with van der Waals surface area (Å²) in [6, 6.07) is 12.7.